The molecule has 0 saturated carbocycles. The molecule has 19 heavy (non-hydrogen) atoms. The van der Waals surface area contributed by atoms with Crippen LogP contribution in [0.1, 0.15) is 32.6 Å². The SMILES string of the molecule is CC(=O)c1sc(N(C)Cc2ccoc2)nc1C(=O)O. The summed E-state index contributed by atoms with van der Waals surface area (Å²) in [4.78, 5) is 28.4. The Hall–Kier alpha value is -2.15. The number of hydrogen-bond donors (Lipinski definition) is 1. The molecule has 2 rings (SSSR count). The molecule has 0 amide bonds. The first-order valence-corrected chi connectivity index (χ1v) is 6.28. The van der Waals surface area contributed by atoms with Gasteiger partial charge in [0.1, 0.15) is 4.88 Å². The van der Waals surface area contributed by atoms with E-state index in [1.807, 2.05) is 6.07 Å². The topological polar surface area (TPSA) is 83.6 Å². The number of rotatable bonds is 5. The summed E-state index contributed by atoms with van der Waals surface area (Å²) < 4.78 is 4.96. The van der Waals surface area contributed by atoms with E-state index in [1.165, 1.54) is 6.92 Å². The molecule has 0 radical (unpaired) electrons. The summed E-state index contributed by atoms with van der Waals surface area (Å²) in [5.41, 5.74) is 0.755. The Labute approximate surface area is 113 Å². The molecular weight excluding hydrogens is 268 g/mol. The van der Waals surface area contributed by atoms with E-state index in [9.17, 15) is 9.59 Å². The second-order valence-electron chi connectivity index (χ2n) is 4.02. The third-order valence-corrected chi connectivity index (χ3v) is 3.74. The van der Waals surface area contributed by atoms with E-state index in [4.69, 9.17) is 9.52 Å². The van der Waals surface area contributed by atoms with Crippen molar-refractivity contribution in [2.75, 3.05) is 11.9 Å². The predicted molar refractivity (Wildman–Crippen MR) is 69.9 cm³/mol. The number of ketones is 1. The molecular formula is C12H12N2O4S. The zero-order chi connectivity index (χ0) is 14.0. The van der Waals surface area contributed by atoms with Gasteiger partial charge in [-0.1, -0.05) is 11.3 Å². The summed E-state index contributed by atoms with van der Waals surface area (Å²) in [6.45, 7) is 1.86. The van der Waals surface area contributed by atoms with Gasteiger partial charge in [-0.2, -0.15) is 0 Å². The van der Waals surface area contributed by atoms with Gasteiger partial charge in [0, 0.05) is 26.1 Å². The number of carboxylic acids is 1. The van der Waals surface area contributed by atoms with Crippen molar-refractivity contribution in [3.63, 3.8) is 0 Å². The van der Waals surface area contributed by atoms with Crippen molar-refractivity contribution in [2.24, 2.45) is 0 Å². The fourth-order valence-electron chi connectivity index (χ4n) is 1.58. The number of furan rings is 1. The maximum atomic E-state index is 11.4. The number of anilines is 1. The van der Waals surface area contributed by atoms with Gasteiger partial charge in [0.15, 0.2) is 16.6 Å². The minimum atomic E-state index is -1.19. The second kappa shape index (κ2) is 5.23. The van der Waals surface area contributed by atoms with Gasteiger partial charge in [-0.25, -0.2) is 9.78 Å². The van der Waals surface area contributed by atoms with Crippen LogP contribution in [0.25, 0.3) is 0 Å². The van der Waals surface area contributed by atoms with Crippen molar-refractivity contribution in [3.8, 4) is 0 Å². The van der Waals surface area contributed by atoms with Gasteiger partial charge in [-0.15, -0.1) is 0 Å². The molecule has 0 aliphatic rings. The maximum absolute atomic E-state index is 11.4. The predicted octanol–water partition coefficient (Wildman–Crippen LogP) is 2.27. The molecule has 2 heterocycles. The van der Waals surface area contributed by atoms with Crippen LogP contribution < -0.4 is 4.90 Å². The summed E-state index contributed by atoms with van der Waals surface area (Å²) in [5, 5.41) is 9.51. The number of carbonyl (C=O) groups excluding carboxylic acids is 1. The molecule has 7 heteroatoms. The van der Waals surface area contributed by atoms with Gasteiger partial charge in [0.05, 0.1) is 12.5 Å². The Balaban J connectivity index is 2.27. The number of hydrogen-bond acceptors (Lipinski definition) is 6. The van der Waals surface area contributed by atoms with Crippen LogP contribution in [0.2, 0.25) is 0 Å². The van der Waals surface area contributed by atoms with Gasteiger partial charge in [0.25, 0.3) is 0 Å². The van der Waals surface area contributed by atoms with Crippen molar-refractivity contribution in [1.29, 1.82) is 0 Å². The average molecular weight is 280 g/mol. The number of aromatic carboxylic acids is 1. The number of nitrogens with zero attached hydrogens (tertiary/aromatic N) is 2. The molecule has 0 saturated heterocycles. The standard InChI is InChI=1S/C12H12N2O4S/c1-7(15)10-9(11(16)17)13-12(19-10)14(2)5-8-3-4-18-6-8/h3-4,6H,5H2,1-2H3,(H,16,17). The monoisotopic (exact) mass is 280 g/mol. The van der Waals surface area contributed by atoms with Crippen molar-refractivity contribution in [3.05, 3.63) is 34.7 Å². The summed E-state index contributed by atoms with van der Waals surface area (Å²) in [6, 6.07) is 1.81. The molecule has 0 spiro atoms. The third-order valence-electron chi connectivity index (χ3n) is 2.46. The Bertz CT molecular complexity index is 572. The highest BCUT2D eigenvalue weighted by Gasteiger charge is 2.22. The fraction of sp³-hybridized carbons (Fsp3) is 0.250. The molecule has 2 aromatic rings. The molecule has 0 aliphatic carbocycles. The molecule has 0 fully saturated rings. The van der Waals surface area contributed by atoms with Crippen LogP contribution in [-0.4, -0.2) is 28.9 Å². The average Bonchev–Trinajstić information content (AvgIpc) is 2.96. The fourth-order valence-corrected chi connectivity index (χ4v) is 2.49. The molecule has 0 aromatic carbocycles. The van der Waals surface area contributed by atoms with Crippen molar-refractivity contribution in [1.82, 2.24) is 4.98 Å². The number of thiazole rings is 1. The van der Waals surface area contributed by atoms with E-state index in [1.54, 1.807) is 24.5 Å². The second-order valence-corrected chi connectivity index (χ2v) is 5.00. The van der Waals surface area contributed by atoms with Gasteiger partial charge in [0.2, 0.25) is 0 Å². The van der Waals surface area contributed by atoms with Crippen LogP contribution in [0.3, 0.4) is 0 Å². The smallest absolute Gasteiger partial charge is 0.356 e. The van der Waals surface area contributed by atoms with Crippen molar-refractivity contribution < 1.29 is 19.1 Å². The number of carbonyl (C=O) groups is 2. The van der Waals surface area contributed by atoms with Gasteiger partial charge < -0.3 is 14.4 Å². The first kappa shape index (κ1) is 13.3. The molecule has 100 valence electrons. The molecule has 0 bridgehead atoms. The largest absolute Gasteiger partial charge is 0.476 e. The van der Waals surface area contributed by atoms with E-state index >= 15 is 0 Å². The van der Waals surface area contributed by atoms with Gasteiger partial charge >= 0.3 is 5.97 Å². The highest BCUT2D eigenvalue weighted by molar-refractivity contribution is 7.17. The minimum Gasteiger partial charge on any atom is -0.476 e. The van der Waals surface area contributed by atoms with Crippen LogP contribution in [0.5, 0.6) is 0 Å². The lowest BCUT2D eigenvalue weighted by Crippen LogP contribution is -2.15. The maximum Gasteiger partial charge on any atom is 0.356 e. The number of Topliss-reactive ketones (excluding diaryl/α,β-unsaturated/α-hetero) is 1. The zero-order valence-electron chi connectivity index (χ0n) is 10.4. The molecule has 6 nitrogen and oxygen atoms in total. The van der Waals surface area contributed by atoms with Gasteiger partial charge in [-0.05, 0) is 6.07 Å². The molecule has 2 aromatic heterocycles. The van der Waals surface area contributed by atoms with Crippen molar-refractivity contribution >= 4 is 28.2 Å². The lowest BCUT2D eigenvalue weighted by atomic mass is 10.3. The first-order valence-electron chi connectivity index (χ1n) is 5.46. The highest BCUT2D eigenvalue weighted by atomic mass is 32.1. The number of carboxylic acid groups (broad SMARTS) is 1. The molecule has 0 atom stereocenters. The first-order chi connectivity index (χ1) is 8.99. The van der Waals surface area contributed by atoms with Crippen LogP contribution in [0, 0.1) is 0 Å². The summed E-state index contributed by atoms with van der Waals surface area (Å²) in [7, 11) is 1.78. The lowest BCUT2D eigenvalue weighted by molar-refractivity contribution is 0.0687. The third kappa shape index (κ3) is 2.82. The van der Waals surface area contributed by atoms with E-state index in [2.05, 4.69) is 4.98 Å². The summed E-state index contributed by atoms with van der Waals surface area (Å²) >= 11 is 1.08. The summed E-state index contributed by atoms with van der Waals surface area (Å²) in [6.07, 6.45) is 3.17. The Morgan fingerprint density at radius 1 is 1.53 bits per heavy atom. The van der Waals surface area contributed by atoms with E-state index in [0.29, 0.717) is 11.7 Å². The van der Waals surface area contributed by atoms with Gasteiger partial charge in [-0.3, -0.25) is 4.79 Å². The molecule has 1 N–H and O–H groups in total. The normalized spacial score (nSPS) is 10.4. The van der Waals surface area contributed by atoms with Crippen LogP contribution in [-0.2, 0) is 6.54 Å². The Morgan fingerprint density at radius 3 is 2.74 bits per heavy atom. The Kier molecular flexibility index (Phi) is 3.66. The Morgan fingerprint density at radius 2 is 2.26 bits per heavy atom. The zero-order valence-corrected chi connectivity index (χ0v) is 11.2. The van der Waals surface area contributed by atoms with Crippen LogP contribution in [0.4, 0.5) is 5.13 Å². The van der Waals surface area contributed by atoms with E-state index in [0.717, 1.165) is 16.9 Å². The highest BCUT2D eigenvalue weighted by Crippen LogP contribution is 2.27. The summed E-state index contributed by atoms with van der Waals surface area (Å²) in [5.74, 6) is -1.48. The lowest BCUT2D eigenvalue weighted by Gasteiger charge is -2.13. The molecule has 0 aliphatic heterocycles. The quantitative estimate of drug-likeness (QED) is 0.846. The van der Waals surface area contributed by atoms with E-state index < -0.39 is 5.97 Å². The van der Waals surface area contributed by atoms with Crippen LogP contribution >= 0.6 is 11.3 Å². The van der Waals surface area contributed by atoms with Crippen molar-refractivity contribution in [2.45, 2.75) is 13.5 Å². The number of aromatic nitrogens is 1. The van der Waals surface area contributed by atoms with E-state index in [-0.39, 0.29) is 16.4 Å². The van der Waals surface area contributed by atoms with Crippen LogP contribution in [0.15, 0.2) is 23.0 Å². The minimum absolute atomic E-state index is 0.168. The molecule has 0 unspecified atom stereocenters.